The highest BCUT2D eigenvalue weighted by atomic mass is 32.2. The van der Waals surface area contributed by atoms with Crippen LogP contribution in [0.5, 0.6) is 0 Å². The van der Waals surface area contributed by atoms with Crippen LogP contribution in [0, 0.1) is 90.7 Å². The third kappa shape index (κ3) is 11.7. The molecule has 2 aliphatic heterocycles. The van der Waals surface area contributed by atoms with Gasteiger partial charge in [-0.05, 0) is 260 Å². The van der Waals surface area contributed by atoms with Crippen LogP contribution in [-0.2, 0) is 29.1 Å². The van der Waals surface area contributed by atoms with Crippen LogP contribution < -0.4 is 21.7 Å². The molecule has 2 saturated heterocycles. The van der Waals surface area contributed by atoms with Crippen molar-refractivity contribution in [2.45, 2.75) is 208 Å². The van der Waals surface area contributed by atoms with E-state index in [-0.39, 0.29) is 61.5 Å². The molecule has 14 rings (SSSR count). The largest absolute Gasteiger partial charge is 0.465 e. The highest BCUT2D eigenvalue weighted by molar-refractivity contribution is 7.91. The van der Waals surface area contributed by atoms with Crippen molar-refractivity contribution < 1.29 is 35.9 Å². The molecule has 18 atom stereocenters. The Hall–Kier alpha value is -3.48. The first-order chi connectivity index (χ1) is 45.7. The number of fused-ring (bicyclic) bond motifs is 14. The van der Waals surface area contributed by atoms with Crippen LogP contribution in [-0.4, -0.2) is 158 Å². The number of nitrogens with two attached hydrogens (primary N) is 1. The molecule has 2 heterocycles. The Bertz CT molecular complexity index is 3570. The fraction of sp³-hybridized carbons (Fsp3) is 0.778. The number of ether oxygens (including phenoxy) is 2. The summed E-state index contributed by atoms with van der Waals surface area (Å²) in [5, 5.41) is 12.1. The van der Waals surface area contributed by atoms with Gasteiger partial charge in [0.2, 0.25) is 0 Å². The third-order valence-electron chi connectivity index (χ3n) is 32.4. The van der Waals surface area contributed by atoms with E-state index >= 15 is 0 Å². The number of sulfone groups is 2. The average molecular weight is 1370 g/mol. The molecule has 10 fully saturated rings. The lowest BCUT2D eigenvalue weighted by atomic mass is 9.33. The average Bonchev–Trinajstić information content (AvgIpc) is 1.55. The van der Waals surface area contributed by atoms with E-state index in [1.807, 2.05) is 24.3 Å². The number of hydrogen-bond acceptors (Lipinski definition) is 14. The summed E-state index contributed by atoms with van der Waals surface area (Å²) >= 11 is 0. The molecule has 14 nitrogen and oxygen atoms in total. The lowest BCUT2D eigenvalue weighted by Crippen LogP contribution is -2.69. The summed E-state index contributed by atoms with van der Waals surface area (Å²) in [6.45, 7) is 32.4. The Labute approximate surface area is 585 Å². The Kier molecular flexibility index (Phi) is 19.1. The maximum Gasteiger partial charge on any atom is 0.337 e. The molecule has 10 aliphatic carbocycles. The van der Waals surface area contributed by atoms with Gasteiger partial charge in [0.05, 0.1) is 48.4 Å². The van der Waals surface area contributed by atoms with Gasteiger partial charge < -0.3 is 41.0 Å². The first-order valence-electron chi connectivity index (χ1n) is 38.3. The van der Waals surface area contributed by atoms with E-state index in [9.17, 15) is 26.4 Å². The Morgan fingerprint density at radius 1 is 0.485 bits per heavy atom. The van der Waals surface area contributed by atoms with Crippen molar-refractivity contribution in [1.82, 2.24) is 25.8 Å². The zero-order valence-electron chi connectivity index (χ0n) is 61.8. The molecule has 0 aromatic heterocycles. The third-order valence-corrected chi connectivity index (χ3v) is 35.6. The lowest BCUT2D eigenvalue weighted by molar-refractivity contribution is -0.218. The number of methoxy groups -OCH3 is 2. The Morgan fingerprint density at radius 2 is 0.876 bits per heavy atom. The molecular weight excluding hydrogens is 1250 g/mol. The van der Waals surface area contributed by atoms with Gasteiger partial charge >= 0.3 is 11.9 Å². The maximum atomic E-state index is 12.1. The second-order valence-corrected chi connectivity index (χ2v) is 41.0. The summed E-state index contributed by atoms with van der Waals surface area (Å²) in [4.78, 5) is 28.9. The number of esters is 2. The molecule has 97 heavy (non-hydrogen) atoms. The minimum Gasteiger partial charge on any atom is -0.465 e. The highest BCUT2D eigenvalue weighted by Gasteiger charge is 2.73. The van der Waals surface area contributed by atoms with Gasteiger partial charge in [0.25, 0.3) is 0 Å². The van der Waals surface area contributed by atoms with Crippen LogP contribution in [0.4, 0.5) is 0 Å². The first-order valence-corrected chi connectivity index (χ1v) is 42.0. The van der Waals surface area contributed by atoms with E-state index in [0.29, 0.717) is 125 Å². The summed E-state index contributed by atoms with van der Waals surface area (Å²) in [6.07, 6.45) is 27.5. The van der Waals surface area contributed by atoms with Gasteiger partial charge in [-0.3, -0.25) is 0 Å². The molecule has 538 valence electrons. The monoisotopic (exact) mass is 1370 g/mol. The summed E-state index contributed by atoms with van der Waals surface area (Å²) in [6, 6.07) is 17.0. The summed E-state index contributed by atoms with van der Waals surface area (Å²) < 4.78 is 57.8. The van der Waals surface area contributed by atoms with Crippen molar-refractivity contribution in [1.29, 1.82) is 0 Å². The smallest absolute Gasteiger partial charge is 0.337 e. The topological polar surface area (TPSA) is 189 Å². The number of nitrogens with zero attached hydrogens (tertiary/aromatic N) is 2. The van der Waals surface area contributed by atoms with Gasteiger partial charge in [0.1, 0.15) is 0 Å². The van der Waals surface area contributed by atoms with Crippen LogP contribution in [0.1, 0.15) is 217 Å². The van der Waals surface area contributed by atoms with Gasteiger partial charge in [-0.2, -0.15) is 0 Å². The molecular formula is C81H124N6O8S2. The second kappa shape index (κ2) is 25.7. The zero-order valence-corrected chi connectivity index (χ0v) is 63.4. The molecule has 0 unspecified atom stereocenters. The predicted molar refractivity (Wildman–Crippen MR) is 391 cm³/mol. The molecule has 2 aromatic rings. The van der Waals surface area contributed by atoms with Crippen LogP contribution in [0.3, 0.4) is 0 Å². The lowest BCUT2D eigenvalue weighted by Gasteiger charge is -2.72. The molecule has 12 aliphatic rings. The van der Waals surface area contributed by atoms with E-state index in [0.717, 1.165) is 45.4 Å². The second-order valence-electron chi connectivity index (χ2n) is 36.4. The minimum absolute atomic E-state index is 0.0385. The zero-order chi connectivity index (χ0) is 69.4. The fourth-order valence-corrected chi connectivity index (χ4v) is 29.6. The number of benzene rings is 2. The van der Waals surface area contributed by atoms with Crippen molar-refractivity contribution in [3.05, 3.63) is 82.9 Å². The molecule has 8 saturated carbocycles. The van der Waals surface area contributed by atoms with Gasteiger partial charge in [-0.1, -0.05) is 106 Å². The van der Waals surface area contributed by atoms with Gasteiger partial charge in [-0.25, -0.2) is 26.4 Å². The van der Waals surface area contributed by atoms with Crippen molar-refractivity contribution >= 4 is 42.8 Å². The Balaban J connectivity index is 0.000000175. The van der Waals surface area contributed by atoms with E-state index in [2.05, 4.69) is 138 Å². The van der Waals surface area contributed by atoms with E-state index in [1.165, 1.54) is 133 Å². The van der Waals surface area contributed by atoms with Gasteiger partial charge in [-0.15, -0.1) is 0 Å². The van der Waals surface area contributed by atoms with Crippen LogP contribution >= 0.6 is 0 Å². The Morgan fingerprint density at radius 3 is 1.28 bits per heavy atom. The van der Waals surface area contributed by atoms with Crippen LogP contribution in [0.15, 0.2) is 60.7 Å². The van der Waals surface area contributed by atoms with Crippen molar-refractivity contribution in [2.24, 2.45) is 96.4 Å². The normalized spacial score (nSPS) is 42.9. The van der Waals surface area contributed by atoms with E-state index in [4.69, 9.17) is 15.2 Å². The molecule has 0 radical (unpaired) electrons. The number of allylic oxidation sites excluding steroid dienone is 4. The quantitative estimate of drug-likeness (QED) is 0.139. The molecule has 0 amide bonds. The molecule has 2 aromatic carbocycles. The molecule has 0 bridgehead atoms. The van der Waals surface area contributed by atoms with E-state index in [1.54, 1.807) is 0 Å². The standard InChI is InChI=1S/C41H63N3O4S.C40H61N3O4S/c1-37(2)30(28-8-10-29(11-9-28)36(45)48-7)14-17-38(3)33(37)16-18-40(5)34(38)13-12-31-35-32(42-6)15-19-41(35,21-20-39(31,40)4)43-22-23-44-24-26-49(46,47)27-25-44;1-36(2)29(27-7-9-28(10-8-27)35(44)47-6)13-16-37(3)32(36)15-17-39(5)33(37)12-11-30-34-31(41)14-18-40(34,20-19-38(30,39)4)42-21-22-43-23-25-48(45,46)26-24-43/h8-11,14,31-35,42-43H,12-13,15-27H2,1-7H3;7-10,13,30-34,42H,11-12,14-26,41H2,1-6H3/t31-,32-,33+,34-,35+,38+,39-,40-,41+;30-,31-,32+,33-,34+,37+,38-,39-,40+/m11/s1. The molecule has 0 spiro atoms. The number of hydrogen-bond donors (Lipinski definition) is 4. The number of carbonyl (C=O) groups is 2. The highest BCUT2D eigenvalue weighted by Crippen LogP contribution is 2.78. The summed E-state index contributed by atoms with van der Waals surface area (Å²) in [5.41, 5.74) is 15.7. The number of rotatable bonds is 13. The summed E-state index contributed by atoms with van der Waals surface area (Å²) in [5.74, 6) is 5.70. The van der Waals surface area contributed by atoms with Crippen LogP contribution in [0.2, 0.25) is 0 Å². The molecule has 5 N–H and O–H groups in total. The van der Waals surface area contributed by atoms with Crippen molar-refractivity contribution in [3.63, 3.8) is 0 Å². The van der Waals surface area contributed by atoms with Gasteiger partial charge in [0.15, 0.2) is 19.7 Å². The fourth-order valence-electron chi connectivity index (χ4n) is 27.1. The maximum absolute atomic E-state index is 12.1. The molecule has 16 heteroatoms. The van der Waals surface area contributed by atoms with E-state index < -0.39 is 19.7 Å². The SMILES string of the molecule is CN[C@@H]1CC[C@]2(NCCN3CCS(=O)(=O)CC3)CC[C@]3(C)[C@H](CC[C@@H]4[C@@]5(C)CC=C(c6ccc(C(=O)OC)cc6)C(C)(C)[C@@H]5CC[C@]43C)[C@@H]12.COC(=O)c1ccc(C2=CC[C@]3(C)[C@H]4CC[C@@H]5[C@H]6[C@H](N)CC[C@]6(NCCN6CCS(=O)(=O)CC6)CC[C@@]5(C)[C@]4(C)CC[C@H]3C2(C)C)cc1. The predicted octanol–water partition coefficient (Wildman–Crippen LogP) is 12.9. The van der Waals surface area contributed by atoms with Gasteiger partial charge in [0, 0.05) is 75.5 Å². The minimum atomic E-state index is -2.85. The van der Waals surface area contributed by atoms with Crippen molar-refractivity contribution in [3.8, 4) is 0 Å². The summed E-state index contributed by atoms with van der Waals surface area (Å²) in [7, 11) is -0.632. The van der Waals surface area contributed by atoms with Crippen molar-refractivity contribution in [2.75, 3.05) is 96.6 Å². The van der Waals surface area contributed by atoms with Crippen LogP contribution in [0.25, 0.3) is 11.1 Å². The number of nitrogens with one attached hydrogen (secondary N) is 3. The number of carbonyl (C=O) groups excluding carboxylic acids is 2. The first kappa shape index (κ1) is 71.9.